The molecular weight excluding hydrogens is 203 g/mol. The fraction of sp³-hybridized carbons (Fsp3) is 0.429. The van der Waals surface area contributed by atoms with Gasteiger partial charge in [-0.1, -0.05) is 6.07 Å². The second kappa shape index (κ2) is 3.31. The summed E-state index contributed by atoms with van der Waals surface area (Å²) in [4.78, 5) is -0.00588. The van der Waals surface area contributed by atoms with Crippen molar-refractivity contribution in [3.63, 3.8) is 0 Å². The van der Waals surface area contributed by atoms with Crippen LogP contribution in [0.1, 0.15) is 11.8 Å². The van der Waals surface area contributed by atoms with E-state index < -0.39 is 10.4 Å². The van der Waals surface area contributed by atoms with Crippen LogP contribution in [0.5, 0.6) is 0 Å². The molecule has 4 heteroatoms. The molecular formula is C7H8Cl2OS. The molecule has 0 radical (unpaired) electrons. The summed E-state index contributed by atoms with van der Waals surface area (Å²) in [5.41, 5.74) is -1.13. The normalized spacial score (nSPS) is 16.8. The van der Waals surface area contributed by atoms with Crippen molar-refractivity contribution in [2.75, 3.05) is 0 Å². The minimum atomic E-state index is -1.13. The highest BCUT2D eigenvalue weighted by molar-refractivity contribution is 7.10. The number of hydrogen-bond acceptors (Lipinski definition) is 2. The van der Waals surface area contributed by atoms with Crippen LogP contribution in [0.2, 0.25) is 0 Å². The molecule has 0 aliphatic rings. The molecule has 11 heavy (non-hydrogen) atoms. The minimum Gasteiger partial charge on any atom is -0.382 e. The van der Waals surface area contributed by atoms with E-state index in [0.717, 1.165) is 4.88 Å². The van der Waals surface area contributed by atoms with Crippen LogP contribution in [0, 0.1) is 0 Å². The van der Waals surface area contributed by atoms with Crippen LogP contribution in [-0.2, 0) is 5.60 Å². The number of hydrogen-bond donors (Lipinski definition) is 1. The first-order valence-electron chi connectivity index (χ1n) is 3.09. The van der Waals surface area contributed by atoms with Crippen molar-refractivity contribution in [3.05, 3.63) is 22.4 Å². The fourth-order valence-electron chi connectivity index (χ4n) is 0.674. The predicted molar refractivity (Wildman–Crippen MR) is 49.4 cm³/mol. The van der Waals surface area contributed by atoms with Crippen LogP contribution in [0.25, 0.3) is 0 Å². The summed E-state index contributed by atoms with van der Waals surface area (Å²) in [6.45, 7) is 1.60. The third kappa shape index (κ3) is 1.88. The molecule has 1 heterocycles. The van der Waals surface area contributed by atoms with Crippen molar-refractivity contribution in [2.45, 2.75) is 17.4 Å². The monoisotopic (exact) mass is 210 g/mol. The minimum absolute atomic E-state index is 0.785. The van der Waals surface area contributed by atoms with E-state index in [1.807, 2.05) is 17.5 Å². The lowest BCUT2D eigenvalue weighted by molar-refractivity contribution is 0.0760. The van der Waals surface area contributed by atoms with E-state index in [1.54, 1.807) is 6.92 Å². The summed E-state index contributed by atoms with van der Waals surface area (Å²) in [5.74, 6) is 0. The van der Waals surface area contributed by atoms with Gasteiger partial charge in [0, 0.05) is 4.88 Å². The number of halogens is 2. The van der Waals surface area contributed by atoms with Crippen molar-refractivity contribution >= 4 is 34.5 Å². The zero-order chi connectivity index (χ0) is 8.48. The molecule has 1 aromatic heterocycles. The molecule has 62 valence electrons. The Bertz CT molecular complexity index is 218. The van der Waals surface area contributed by atoms with Gasteiger partial charge in [-0.2, -0.15) is 0 Å². The highest BCUT2D eigenvalue weighted by Crippen LogP contribution is 2.33. The van der Waals surface area contributed by atoms with Gasteiger partial charge in [0.1, 0.15) is 10.4 Å². The van der Waals surface area contributed by atoms with Crippen LogP contribution in [-0.4, -0.2) is 9.94 Å². The van der Waals surface area contributed by atoms with Crippen LogP contribution >= 0.6 is 34.5 Å². The average molecular weight is 211 g/mol. The molecule has 0 aliphatic heterocycles. The Morgan fingerprint density at radius 3 is 2.64 bits per heavy atom. The Morgan fingerprint density at radius 1 is 1.64 bits per heavy atom. The highest BCUT2D eigenvalue weighted by atomic mass is 35.5. The van der Waals surface area contributed by atoms with Gasteiger partial charge >= 0.3 is 0 Å². The SMILES string of the molecule is CC(O)(c1cccs1)C(Cl)Cl. The van der Waals surface area contributed by atoms with Gasteiger partial charge in [-0.25, -0.2) is 0 Å². The zero-order valence-electron chi connectivity index (χ0n) is 5.92. The Morgan fingerprint density at radius 2 is 2.27 bits per heavy atom. The maximum atomic E-state index is 9.70. The van der Waals surface area contributed by atoms with Crippen molar-refractivity contribution in [2.24, 2.45) is 0 Å². The molecule has 0 saturated carbocycles. The summed E-state index contributed by atoms with van der Waals surface area (Å²) in [6.07, 6.45) is 0. The lowest BCUT2D eigenvalue weighted by Crippen LogP contribution is -2.27. The van der Waals surface area contributed by atoms with Crippen molar-refractivity contribution in [3.8, 4) is 0 Å². The highest BCUT2D eigenvalue weighted by Gasteiger charge is 2.31. The van der Waals surface area contributed by atoms with Gasteiger partial charge in [0.25, 0.3) is 0 Å². The van der Waals surface area contributed by atoms with Crippen LogP contribution < -0.4 is 0 Å². The van der Waals surface area contributed by atoms with E-state index in [1.165, 1.54) is 11.3 Å². The van der Waals surface area contributed by atoms with Gasteiger partial charge in [-0.15, -0.1) is 34.5 Å². The van der Waals surface area contributed by atoms with E-state index in [9.17, 15) is 5.11 Å². The molecule has 0 amide bonds. The lowest BCUT2D eigenvalue weighted by Gasteiger charge is -2.22. The number of thiophene rings is 1. The first-order valence-corrected chi connectivity index (χ1v) is 4.85. The van der Waals surface area contributed by atoms with Crippen molar-refractivity contribution in [1.29, 1.82) is 0 Å². The van der Waals surface area contributed by atoms with Gasteiger partial charge in [0.15, 0.2) is 0 Å². The molecule has 1 nitrogen and oxygen atoms in total. The first kappa shape index (κ1) is 9.33. The molecule has 1 rings (SSSR count). The number of aliphatic hydroxyl groups is 1. The third-order valence-electron chi connectivity index (χ3n) is 1.44. The molecule has 0 aliphatic carbocycles. The number of rotatable bonds is 2. The molecule has 1 N–H and O–H groups in total. The molecule has 1 aromatic rings. The molecule has 0 spiro atoms. The van der Waals surface area contributed by atoms with Gasteiger partial charge in [-0.05, 0) is 18.4 Å². The van der Waals surface area contributed by atoms with Crippen molar-refractivity contribution < 1.29 is 5.11 Å². The second-order valence-corrected chi connectivity index (χ2v) is 4.47. The predicted octanol–water partition coefficient (Wildman–Crippen LogP) is 2.76. The summed E-state index contributed by atoms with van der Waals surface area (Å²) >= 11 is 12.6. The molecule has 0 aromatic carbocycles. The van der Waals surface area contributed by atoms with Crippen LogP contribution in [0.4, 0.5) is 0 Å². The van der Waals surface area contributed by atoms with Gasteiger partial charge in [0.2, 0.25) is 0 Å². The quantitative estimate of drug-likeness (QED) is 0.745. The average Bonchev–Trinajstić information content (AvgIpc) is 2.37. The summed E-state index contributed by atoms with van der Waals surface area (Å²) in [5, 5.41) is 11.6. The lowest BCUT2D eigenvalue weighted by atomic mass is 10.1. The Kier molecular flexibility index (Phi) is 2.81. The van der Waals surface area contributed by atoms with E-state index in [-0.39, 0.29) is 0 Å². The van der Waals surface area contributed by atoms with E-state index >= 15 is 0 Å². The molecule has 1 atom stereocenters. The van der Waals surface area contributed by atoms with Crippen molar-refractivity contribution in [1.82, 2.24) is 0 Å². The van der Waals surface area contributed by atoms with Crippen LogP contribution in [0.15, 0.2) is 17.5 Å². The van der Waals surface area contributed by atoms with E-state index in [2.05, 4.69) is 0 Å². The molecule has 0 saturated heterocycles. The molecule has 0 bridgehead atoms. The number of alkyl halides is 2. The van der Waals surface area contributed by atoms with Gasteiger partial charge < -0.3 is 5.11 Å². The second-order valence-electron chi connectivity index (χ2n) is 2.43. The van der Waals surface area contributed by atoms with E-state index in [0.29, 0.717) is 0 Å². The van der Waals surface area contributed by atoms with E-state index in [4.69, 9.17) is 23.2 Å². The summed E-state index contributed by atoms with van der Waals surface area (Å²) in [6, 6.07) is 3.66. The van der Waals surface area contributed by atoms with Gasteiger partial charge in [0.05, 0.1) is 0 Å². The maximum absolute atomic E-state index is 9.70. The Balaban J connectivity index is 2.90. The first-order chi connectivity index (χ1) is 5.05. The standard InChI is InChI=1S/C7H8Cl2OS/c1-7(10,6(8)9)5-3-2-4-11-5/h2-4,6,10H,1H3. The maximum Gasteiger partial charge on any atom is 0.141 e. The zero-order valence-corrected chi connectivity index (χ0v) is 8.25. The smallest absolute Gasteiger partial charge is 0.141 e. The Labute approximate surface area is 79.6 Å². The topological polar surface area (TPSA) is 20.2 Å². The Hall–Kier alpha value is 0.240. The van der Waals surface area contributed by atoms with Crippen LogP contribution in [0.3, 0.4) is 0 Å². The summed E-state index contributed by atoms with van der Waals surface area (Å²) < 4.78 is 0. The largest absolute Gasteiger partial charge is 0.382 e. The van der Waals surface area contributed by atoms with Gasteiger partial charge in [-0.3, -0.25) is 0 Å². The summed E-state index contributed by atoms with van der Waals surface area (Å²) in [7, 11) is 0. The fourth-order valence-corrected chi connectivity index (χ4v) is 1.86. The molecule has 1 unspecified atom stereocenters. The molecule has 0 fully saturated rings. The third-order valence-corrected chi connectivity index (χ3v) is 3.39.